The van der Waals surface area contributed by atoms with Crippen LogP contribution in [0.5, 0.6) is 0 Å². The molecule has 80 valence electrons. The third kappa shape index (κ3) is 5.59. The first-order chi connectivity index (χ1) is 6.24. The van der Waals surface area contributed by atoms with E-state index in [0.29, 0.717) is 26.4 Å². The first-order valence-corrected chi connectivity index (χ1v) is 10.0. The van der Waals surface area contributed by atoms with E-state index in [9.17, 15) is 0 Å². The average Bonchev–Trinajstić information content (AvgIpc) is 2.06. The van der Waals surface area contributed by atoms with Crippen LogP contribution in [0, 0.1) is 34.9 Å². The minimum atomic E-state index is -3.69. The van der Waals surface area contributed by atoms with Gasteiger partial charge in [0.2, 0.25) is 0 Å². The van der Waals surface area contributed by atoms with Gasteiger partial charge < -0.3 is 0 Å². The Kier molecular flexibility index (Phi) is 9.27. The van der Waals surface area contributed by atoms with Gasteiger partial charge in [0, 0.05) is 0 Å². The molecule has 5 heteroatoms. The summed E-state index contributed by atoms with van der Waals surface area (Å²) in [5.41, 5.74) is 0. The minimum absolute atomic E-state index is 0.585. The summed E-state index contributed by atoms with van der Waals surface area (Å²) in [7, 11) is 0. The van der Waals surface area contributed by atoms with Crippen molar-refractivity contribution in [2.45, 2.75) is 27.7 Å². The van der Waals surface area contributed by atoms with E-state index in [-0.39, 0.29) is 0 Å². The fraction of sp³-hybridized carbons (Fsp3) is 1.00. The predicted octanol–water partition coefficient (Wildman–Crippen LogP) is 1.95. The van der Waals surface area contributed by atoms with E-state index in [0.717, 1.165) is 0 Å². The quantitative estimate of drug-likeness (QED) is 0.684. The van der Waals surface area contributed by atoms with Crippen LogP contribution in [-0.4, -0.2) is 26.4 Å². The summed E-state index contributed by atoms with van der Waals surface area (Å²) in [6.45, 7) is 10.0. The van der Waals surface area contributed by atoms with Gasteiger partial charge in [-0.2, -0.15) is 0 Å². The predicted molar refractivity (Wildman–Crippen MR) is 46.5 cm³/mol. The van der Waals surface area contributed by atoms with Gasteiger partial charge >= 0.3 is 93.3 Å². The Morgan fingerprint density at radius 3 is 1.00 bits per heavy atom. The van der Waals surface area contributed by atoms with Crippen LogP contribution >= 0.6 is 0 Å². The van der Waals surface area contributed by atoms with E-state index in [1.54, 1.807) is 0 Å². The molecular formula is C8H20NdO4. The molecule has 0 unspecified atom stereocenters. The first-order valence-electron chi connectivity index (χ1n) is 4.80. The zero-order valence-corrected chi connectivity index (χ0v) is 12.2. The molecule has 0 rings (SSSR count). The molecule has 0 radical (unpaired) electrons. The van der Waals surface area contributed by atoms with Crippen molar-refractivity contribution in [2.75, 3.05) is 26.4 Å². The fourth-order valence-electron chi connectivity index (χ4n) is 0.957. The molecule has 0 bridgehead atoms. The van der Waals surface area contributed by atoms with E-state index in [1.807, 2.05) is 27.7 Å². The van der Waals surface area contributed by atoms with Crippen LogP contribution in [0.3, 0.4) is 0 Å². The average molecular weight is 324 g/mol. The van der Waals surface area contributed by atoms with Gasteiger partial charge in [-0.15, -0.1) is 0 Å². The van der Waals surface area contributed by atoms with Crippen molar-refractivity contribution >= 4 is 0 Å². The van der Waals surface area contributed by atoms with Gasteiger partial charge in [0.25, 0.3) is 0 Å². The molecule has 0 N–H and O–H groups in total. The third-order valence-corrected chi connectivity index (χ3v) is 9.53. The Morgan fingerprint density at radius 1 is 0.615 bits per heavy atom. The summed E-state index contributed by atoms with van der Waals surface area (Å²) in [4.78, 5) is 0. The zero-order chi connectivity index (χ0) is 10.2. The number of hydrogen-bond acceptors (Lipinski definition) is 4. The Hall–Kier alpha value is 1.19. The fourth-order valence-corrected chi connectivity index (χ4v) is 7.10. The van der Waals surface area contributed by atoms with Crippen LogP contribution in [0.25, 0.3) is 0 Å². The molecule has 0 amide bonds. The molecule has 4 nitrogen and oxygen atoms in total. The van der Waals surface area contributed by atoms with Gasteiger partial charge in [0.15, 0.2) is 0 Å². The SMILES string of the molecule is CC[O][Nd]([O]CC)([O]CC)[O]CC. The van der Waals surface area contributed by atoms with Crippen LogP contribution in [-0.2, 0) is 4.26 Å². The molecule has 13 heavy (non-hydrogen) atoms. The normalized spacial score (nSPS) is 12.0. The van der Waals surface area contributed by atoms with E-state index < -0.39 is 34.9 Å². The molecule has 0 saturated heterocycles. The topological polar surface area (TPSA) is 36.9 Å². The maximum absolute atomic E-state index is 5.51. The summed E-state index contributed by atoms with van der Waals surface area (Å²) in [6.07, 6.45) is 0. The Morgan fingerprint density at radius 2 is 0.846 bits per heavy atom. The van der Waals surface area contributed by atoms with Crippen LogP contribution in [0.2, 0.25) is 0 Å². The molecule has 0 fully saturated rings. The summed E-state index contributed by atoms with van der Waals surface area (Å²) >= 11 is -3.69. The molecule has 0 aromatic heterocycles. The van der Waals surface area contributed by atoms with Crippen molar-refractivity contribution in [1.82, 2.24) is 0 Å². The molecule has 0 aliphatic rings. The van der Waals surface area contributed by atoms with Crippen LogP contribution in [0.1, 0.15) is 27.7 Å². The second-order valence-corrected chi connectivity index (χ2v) is 9.14. The van der Waals surface area contributed by atoms with Gasteiger partial charge in [0.05, 0.1) is 0 Å². The monoisotopic (exact) mass is 322 g/mol. The maximum atomic E-state index is 5.51. The summed E-state index contributed by atoms with van der Waals surface area (Å²) < 4.78 is 22.0. The number of rotatable bonds is 8. The molecule has 0 atom stereocenters. The second kappa shape index (κ2) is 8.50. The van der Waals surface area contributed by atoms with E-state index >= 15 is 0 Å². The van der Waals surface area contributed by atoms with Crippen LogP contribution < -0.4 is 0 Å². The Balaban J connectivity index is 4.19. The summed E-state index contributed by atoms with van der Waals surface area (Å²) in [6, 6.07) is 0. The van der Waals surface area contributed by atoms with Gasteiger partial charge in [-0.05, 0) is 0 Å². The molecule has 0 aromatic rings. The van der Waals surface area contributed by atoms with Gasteiger partial charge in [-0.25, -0.2) is 0 Å². The number of hydrogen-bond donors (Lipinski definition) is 0. The second-order valence-electron chi connectivity index (χ2n) is 2.23. The molecular weight excluding hydrogens is 304 g/mol. The van der Waals surface area contributed by atoms with Crippen LogP contribution in [0.4, 0.5) is 0 Å². The molecule has 0 aliphatic carbocycles. The molecule has 0 aromatic carbocycles. The standard InChI is InChI=1S/4C2H5O.Nd/c4*1-2-3;/h4*2H2,1H3;/q4*-1;+4. The zero-order valence-electron chi connectivity index (χ0n) is 8.96. The van der Waals surface area contributed by atoms with Crippen molar-refractivity contribution < 1.29 is 39.2 Å². The van der Waals surface area contributed by atoms with Gasteiger partial charge in [-0.3, -0.25) is 0 Å². The van der Waals surface area contributed by atoms with E-state index in [1.165, 1.54) is 0 Å². The Labute approximate surface area is 92.5 Å². The molecule has 0 saturated carbocycles. The van der Waals surface area contributed by atoms with Crippen LogP contribution in [0.15, 0.2) is 0 Å². The van der Waals surface area contributed by atoms with Gasteiger partial charge in [-0.1, -0.05) is 0 Å². The van der Waals surface area contributed by atoms with Crippen molar-refractivity contribution in [3.63, 3.8) is 0 Å². The van der Waals surface area contributed by atoms with Crippen molar-refractivity contribution in [2.24, 2.45) is 0 Å². The molecule has 0 aliphatic heterocycles. The van der Waals surface area contributed by atoms with Gasteiger partial charge in [0.1, 0.15) is 0 Å². The third-order valence-electron chi connectivity index (χ3n) is 1.28. The molecule has 0 heterocycles. The molecule has 0 spiro atoms. The summed E-state index contributed by atoms with van der Waals surface area (Å²) in [5, 5.41) is 0. The first kappa shape index (κ1) is 14.2. The van der Waals surface area contributed by atoms with E-state index in [2.05, 4.69) is 0 Å². The van der Waals surface area contributed by atoms with Crippen molar-refractivity contribution in [1.29, 1.82) is 0 Å². The Bertz CT molecular complexity index is 91.2. The summed E-state index contributed by atoms with van der Waals surface area (Å²) in [5.74, 6) is 0. The van der Waals surface area contributed by atoms with E-state index in [4.69, 9.17) is 4.26 Å². The van der Waals surface area contributed by atoms with Crippen molar-refractivity contribution in [3.8, 4) is 0 Å². The van der Waals surface area contributed by atoms with Crippen molar-refractivity contribution in [3.05, 3.63) is 0 Å².